The fraction of sp³-hybridized carbons (Fsp3) is 0.320. The fourth-order valence-electron chi connectivity index (χ4n) is 4.46. The molecule has 35 heavy (non-hydrogen) atoms. The largest absolute Gasteiger partial charge is 0.339 e. The second-order valence-electron chi connectivity index (χ2n) is 9.92. The molecule has 3 N–H and O–H groups in total. The van der Waals surface area contributed by atoms with E-state index in [0.29, 0.717) is 34.8 Å². The number of likely N-dealkylation sites (tertiary alicyclic amines) is 1. The number of rotatable bonds is 6. The number of amides is 2. The third kappa shape index (κ3) is 4.92. The van der Waals surface area contributed by atoms with Crippen molar-refractivity contribution >= 4 is 34.2 Å². The molecule has 10 heteroatoms. The number of aromatic amines is 1. The molecule has 0 aliphatic carbocycles. The molecule has 0 aromatic carbocycles. The number of hydrogen-bond donors (Lipinski definition) is 3. The number of nitrogens with zero attached hydrogens (tertiary/aromatic N) is 5. The lowest BCUT2D eigenvalue weighted by Gasteiger charge is -2.45. The smallest absolute Gasteiger partial charge is 0.257 e. The molecule has 0 saturated carbocycles. The zero-order chi connectivity index (χ0) is 24.7. The summed E-state index contributed by atoms with van der Waals surface area (Å²) in [4.78, 5) is 39.5. The number of anilines is 2. The number of carbonyl (C=O) groups is 2. The highest BCUT2D eigenvalue weighted by molar-refractivity contribution is 6.06. The SMILES string of the molecule is Cc1ncc(NC(=O)CN2CC(C)(C)C2)cc1NC(=O)c1cnc2[nH]c(-c3cnn(C)c3)cc2c1. The lowest BCUT2D eigenvalue weighted by Crippen LogP contribution is -2.54. The van der Waals surface area contributed by atoms with Gasteiger partial charge in [-0.2, -0.15) is 5.10 Å². The minimum atomic E-state index is -0.306. The van der Waals surface area contributed by atoms with Crippen LogP contribution in [0.5, 0.6) is 0 Å². The summed E-state index contributed by atoms with van der Waals surface area (Å²) >= 11 is 0. The van der Waals surface area contributed by atoms with E-state index in [1.165, 1.54) is 6.20 Å². The van der Waals surface area contributed by atoms with Crippen LogP contribution in [0.1, 0.15) is 29.9 Å². The summed E-state index contributed by atoms with van der Waals surface area (Å²) < 4.78 is 1.73. The summed E-state index contributed by atoms with van der Waals surface area (Å²) in [5, 5.41) is 10.8. The predicted molar refractivity (Wildman–Crippen MR) is 134 cm³/mol. The molecule has 180 valence electrons. The van der Waals surface area contributed by atoms with Gasteiger partial charge in [0.1, 0.15) is 5.65 Å². The summed E-state index contributed by atoms with van der Waals surface area (Å²) in [5.74, 6) is -0.408. The maximum Gasteiger partial charge on any atom is 0.257 e. The maximum atomic E-state index is 13.0. The normalized spacial score (nSPS) is 15.1. The Morgan fingerprint density at radius 2 is 1.89 bits per heavy atom. The first-order chi connectivity index (χ1) is 16.6. The average Bonchev–Trinajstić information content (AvgIpc) is 3.40. The number of pyridine rings is 2. The maximum absolute atomic E-state index is 13.0. The highest BCUT2D eigenvalue weighted by Gasteiger charge is 2.34. The van der Waals surface area contributed by atoms with E-state index in [9.17, 15) is 9.59 Å². The second-order valence-corrected chi connectivity index (χ2v) is 9.92. The molecule has 2 amide bonds. The molecule has 1 fully saturated rings. The van der Waals surface area contributed by atoms with E-state index in [0.717, 1.165) is 29.7 Å². The first-order valence-corrected chi connectivity index (χ1v) is 11.4. The van der Waals surface area contributed by atoms with E-state index in [-0.39, 0.29) is 17.2 Å². The van der Waals surface area contributed by atoms with Gasteiger partial charge in [0.25, 0.3) is 5.91 Å². The summed E-state index contributed by atoms with van der Waals surface area (Å²) in [6, 6.07) is 5.45. The number of fused-ring (bicyclic) bond motifs is 1. The molecule has 4 aromatic rings. The predicted octanol–water partition coefficient (Wildman–Crippen LogP) is 3.20. The molecule has 4 aromatic heterocycles. The van der Waals surface area contributed by atoms with Crippen molar-refractivity contribution in [2.75, 3.05) is 30.3 Å². The minimum Gasteiger partial charge on any atom is -0.339 e. The molecule has 1 aliphatic rings. The molecule has 0 atom stereocenters. The molecule has 5 heterocycles. The molecule has 1 saturated heterocycles. The topological polar surface area (TPSA) is 121 Å². The van der Waals surface area contributed by atoms with Crippen molar-refractivity contribution in [3.63, 3.8) is 0 Å². The molecule has 0 radical (unpaired) electrons. The van der Waals surface area contributed by atoms with Crippen LogP contribution in [0.15, 0.2) is 43.0 Å². The van der Waals surface area contributed by atoms with Gasteiger partial charge in [-0.1, -0.05) is 13.8 Å². The van der Waals surface area contributed by atoms with Gasteiger partial charge in [0.15, 0.2) is 0 Å². The average molecular weight is 473 g/mol. The van der Waals surface area contributed by atoms with Crippen LogP contribution < -0.4 is 10.6 Å². The molecule has 10 nitrogen and oxygen atoms in total. The first-order valence-electron chi connectivity index (χ1n) is 11.4. The molecule has 5 rings (SSSR count). The van der Waals surface area contributed by atoms with Crippen molar-refractivity contribution < 1.29 is 9.59 Å². The summed E-state index contributed by atoms with van der Waals surface area (Å²) in [6.07, 6.45) is 6.80. The van der Waals surface area contributed by atoms with Gasteiger partial charge in [0.05, 0.1) is 47.3 Å². The third-order valence-corrected chi connectivity index (χ3v) is 6.04. The van der Waals surface area contributed by atoms with Crippen LogP contribution in [0, 0.1) is 12.3 Å². The Balaban J connectivity index is 1.28. The van der Waals surface area contributed by atoms with Gasteiger partial charge >= 0.3 is 0 Å². The Labute approximate surface area is 202 Å². The molecule has 1 aliphatic heterocycles. The number of H-pyrrole nitrogens is 1. The lowest BCUT2D eigenvalue weighted by molar-refractivity contribution is -0.120. The van der Waals surface area contributed by atoms with Crippen LogP contribution in [-0.2, 0) is 11.8 Å². The van der Waals surface area contributed by atoms with Gasteiger partial charge in [-0.05, 0) is 30.5 Å². The van der Waals surface area contributed by atoms with Crippen LogP contribution in [-0.4, -0.2) is 61.1 Å². The van der Waals surface area contributed by atoms with E-state index in [4.69, 9.17) is 0 Å². The van der Waals surface area contributed by atoms with Gasteiger partial charge in [0.2, 0.25) is 5.91 Å². The number of nitrogens with one attached hydrogen (secondary N) is 3. The van der Waals surface area contributed by atoms with Crippen LogP contribution in [0.2, 0.25) is 0 Å². The van der Waals surface area contributed by atoms with Crippen molar-refractivity contribution in [2.45, 2.75) is 20.8 Å². The molecular formula is C25H28N8O2. The third-order valence-electron chi connectivity index (χ3n) is 6.04. The van der Waals surface area contributed by atoms with E-state index >= 15 is 0 Å². The molecule has 0 spiro atoms. The standard InChI is InChI=1S/C25H28N8O2/c1-15-20(7-19(10-26-15)29-22(34)12-33-13-25(2,3)14-33)31-24(35)17-5-16-6-21(30-23(16)27-8-17)18-9-28-32(4)11-18/h5-11H,12-14H2,1-4H3,(H,27,30)(H,29,34)(H,31,35). The van der Waals surface area contributed by atoms with Crippen LogP contribution in [0.25, 0.3) is 22.3 Å². The zero-order valence-corrected chi connectivity index (χ0v) is 20.2. The quantitative estimate of drug-likeness (QED) is 0.396. The van der Waals surface area contributed by atoms with Crippen molar-refractivity contribution in [3.8, 4) is 11.3 Å². The van der Waals surface area contributed by atoms with Crippen molar-refractivity contribution in [2.24, 2.45) is 12.5 Å². The Kier molecular flexibility index (Phi) is 5.60. The number of hydrogen-bond acceptors (Lipinski definition) is 6. The minimum absolute atomic E-state index is 0.102. The van der Waals surface area contributed by atoms with E-state index < -0.39 is 0 Å². The number of aromatic nitrogens is 5. The summed E-state index contributed by atoms with van der Waals surface area (Å²) in [5.41, 5.74) is 4.91. The van der Waals surface area contributed by atoms with E-state index in [2.05, 4.69) is 49.4 Å². The number of carbonyl (C=O) groups excluding carboxylic acids is 2. The Morgan fingerprint density at radius 3 is 2.60 bits per heavy atom. The van der Waals surface area contributed by atoms with Crippen molar-refractivity contribution in [1.29, 1.82) is 0 Å². The summed E-state index contributed by atoms with van der Waals surface area (Å²) in [6.45, 7) is 8.31. The van der Waals surface area contributed by atoms with Crippen LogP contribution in [0.4, 0.5) is 11.4 Å². The van der Waals surface area contributed by atoms with E-state index in [1.807, 2.05) is 19.3 Å². The van der Waals surface area contributed by atoms with Gasteiger partial charge in [-0.15, -0.1) is 0 Å². The van der Waals surface area contributed by atoms with Crippen LogP contribution >= 0.6 is 0 Å². The second kappa shape index (κ2) is 8.62. The van der Waals surface area contributed by atoms with Gasteiger partial charge in [-0.3, -0.25) is 24.2 Å². The molecule has 0 bridgehead atoms. The summed E-state index contributed by atoms with van der Waals surface area (Å²) in [7, 11) is 1.86. The van der Waals surface area contributed by atoms with Gasteiger partial charge in [-0.25, -0.2) is 4.98 Å². The fourth-order valence-corrected chi connectivity index (χ4v) is 4.46. The lowest BCUT2D eigenvalue weighted by atomic mass is 9.84. The Hall–Kier alpha value is -4.05. The van der Waals surface area contributed by atoms with Gasteiger partial charge < -0.3 is 15.6 Å². The van der Waals surface area contributed by atoms with Crippen molar-refractivity contribution in [1.82, 2.24) is 29.6 Å². The molecule has 0 unspecified atom stereocenters. The Bertz CT molecular complexity index is 1430. The highest BCUT2D eigenvalue weighted by atomic mass is 16.2. The number of aryl methyl sites for hydroxylation is 2. The van der Waals surface area contributed by atoms with E-state index in [1.54, 1.807) is 36.1 Å². The first kappa shape index (κ1) is 22.7. The van der Waals surface area contributed by atoms with Crippen molar-refractivity contribution in [3.05, 3.63) is 54.2 Å². The van der Waals surface area contributed by atoms with Crippen LogP contribution in [0.3, 0.4) is 0 Å². The molecular weight excluding hydrogens is 444 g/mol. The van der Waals surface area contributed by atoms with Gasteiger partial charge in [0, 0.05) is 43.5 Å². The Morgan fingerprint density at radius 1 is 1.09 bits per heavy atom. The monoisotopic (exact) mass is 472 g/mol. The highest BCUT2D eigenvalue weighted by Crippen LogP contribution is 2.28. The zero-order valence-electron chi connectivity index (χ0n) is 20.2.